The number of carbonyl (C=O) groups is 1. The summed E-state index contributed by atoms with van der Waals surface area (Å²) in [4.78, 5) is 17.1. The zero-order chi connectivity index (χ0) is 16.9. The minimum absolute atomic E-state index is 0.389. The zero-order valence-electron chi connectivity index (χ0n) is 13.5. The van der Waals surface area contributed by atoms with Crippen molar-refractivity contribution in [3.05, 3.63) is 42.0 Å². The smallest absolute Gasteiger partial charge is 0.334 e. The molecule has 8 nitrogen and oxygen atoms in total. The molecule has 1 saturated heterocycles. The zero-order valence-corrected chi connectivity index (χ0v) is 13.5. The first-order valence-electron chi connectivity index (χ1n) is 7.70. The van der Waals surface area contributed by atoms with Crippen molar-refractivity contribution in [1.82, 2.24) is 19.7 Å². The molecule has 0 amide bonds. The number of methoxy groups -OCH3 is 1. The van der Waals surface area contributed by atoms with Crippen LogP contribution in [0.3, 0.4) is 0 Å². The molecule has 1 aliphatic heterocycles. The first kappa shape index (κ1) is 16.4. The molecule has 0 saturated carbocycles. The second kappa shape index (κ2) is 7.41. The van der Waals surface area contributed by atoms with Crippen LogP contribution in [-0.2, 0) is 22.6 Å². The number of morpholine rings is 1. The highest BCUT2D eigenvalue weighted by Gasteiger charge is 2.26. The highest BCUT2D eigenvalue weighted by Crippen LogP contribution is 2.22. The summed E-state index contributed by atoms with van der Waals surface area (Å²) in [6.45, 7) is 2.77. The second-order valence-electron chi connectivity index (χ2n) is 5.67. The van der Waals surface area contributed by atoms with Gasteiger partial charge in [0.15, 0.2) is 6.10 Å². The van der Waals surface area contributed by atoms with Crippen molar-refractivity contribution in [1.29, 1.82) is 0 Å². The van der Waals surface area contributed by atoms with Crippen molar-refractivity contribution in [3.63, 3.8) is 0 Å². The van der Waals surface area contributed by atoms with Crippen LogP contribution in [0.5, 0.6) is 5.75 Å². The Bertz CT molecular complexity index is 689. The molecule has 1 aromatic heterocycles. The van der Waals surface area contributed by atoms with Gasteiger partial charge in [-0.3, -0.25) is 4.90 Å². The molecule has 1 N–H and O–H groups in total. The van der Waals surface area contributed by atoms with Crippen LogP contribution in [0.1, 0.15) is 11.1 Å². The van der Waals surface area contributed by atoms with Crippen molar-refractivity contribution in [2.24, 2.45) is 0 Å². The van der Waals surface area contributed by atoms with Crippen LogP contribution in [0.4, 0.5) is 0 Å². The molecule has 0 unspecified atom stereocenters. The third-order valence-corrected chi connectivity index (χ3v) is 3.98. The summed E-state index contributed by atoms with van der Waals surface area (Å²) in [6.07, 6.45) is 2.40. The molecule has 3 rings (SSSR count). The maximum Gasteiger partial charge on any atom is 0.334 e. The molecule has 24 heavy (non-hydrogen) atoms. The van der Waals surface area contributed by atoms with E-state index >= 15 is 0 Å². The highest BCUT2D eigenvalue weighted by molar-refractivity contribution is 5.72. The van der Waals surface area contributed by atoms with Gasteiger partial charge in [0.25, 0.3) is 0 Å². The Kier molecular flexibility index (Phi) is 5.07. The second-order valence-corrected chi connectivity index (χ2v) is 5.67. The lowest BCUT2D eigenvalue weighted by Crippen LogP contribution is -2.45. The van der Waals surface area contributed by atoms with E-state index in [0.29, 0.717) is 32.8 Å². The molecule has 2 aromatic rings. The molecular formula is C16H20N4O4. The van der Waals surface area contributed by atoms with E-state index in [-0.39, 0.29) is 0 Å². The molecular weight excluding hydrogens is 312 g/mol. The van der Waals surface area contributed by atoms with Gasteiger partial charge in [-0.1, -0.05) is 6.07 Å². The van der Waals surface area contributed by atoms with Crippen molar-refractivity contribution in [2.45, 2.75) is 19.2 Å². The Labute approximate surface area is 139 Å². The summed E-state index contributed by atoms with van der Waals surface area (Å²) in [5.41, 5.74) is 2.10. The van der Waals surface area contributed by atoms with Gasteiger partial charge in [-0.15, -0.1) is 0 Å². The summed E-state index contributed by atoms with van der Waals surface area (Å²) in [5.74, 6) is -0.124. The number of hydrogen-bond acceptors (Lipinski definition) is 6. The molecule has 0 radical (unpaired) electrons. The third kappa shape index (κ3) is 3.90. The predicted octanol–water partition coefficient (Wildman–Crippen LogP) is 0.620. The van der Waals surface area contributed by atoms with E-state index in [2.05, 4.69) is 21.0 Å². The van der Waals surface area contributed by atoms with Crippen LogP contribution in [-0.4, -0.2) is 63.7 Å². The molecule has 0 aliphatic carbocycles. The Morgan fingerprint density at radius 3 is 3.04 bits per heavy atom. The average molecular weight is 332 g/mol. The minimum atomic E-state index is -0.915. The fourth-order valence-corrected chi connectivity index (χ4v) is 2.80. The number of ether oxygens (including phenoxy) is 2. The lowest BCUT2D eigenvalue weighted by Gasteiger charge is -2.30. The van der Waals surface area contributed by atoms with E-state index < -0.39 is 12.1 Å². The number of carboxylic acid groups (broad SMARTS) is 1. The summed E-state index contributed by atoms with van der Waals surface area (Å²) in [5, 5.41) is 13.2. The van der Waals surface area contributed by atoms with Gasteiger partial charge >= 0.3 is 5.97 Å². The number of nitrogens with zero attached hydrogens (tertiary/aromatic N) is 4. The number of rotatable bonds is 6. The summed E-state index contributed by atoms with van der Waals surface area (Å²) in [6, 6.07) is 5.98. The SMILES string of the molecule is COc1ccc(CN2CCO[C@@H](C(=O)O)C2)cc1Cn1cncn1. The van der Waals surface area contributed by atoms with E-state index in [1.807, 2.05) is 12.1 Å². The van der Waals surface area contributed by atoms with Crippen LogP contribution >= 0.6 is 0 Å². The fourth-order valence-electron chi connectivity index (χ4n) is 2.80. The number of hydrogen-bond donors (Lipinski definition) is 1. The number of carboxylic acids is 1. The van der Waals surface area contributed by atoms with E-state index in [4.69, 9.17) is 14.6 Å². The summed E-state index contributed by atoms with van der Waals surface area (Å²) < 4.78 is 12.4. The molecule has 1 atom stereocenters. The minimum Gasteiger partial charge on any atom is -0.496 e. The van der Waals surface area contributed by atoms with Crippen molar-refractivity contribution < 1.29 is 19.4 Å². The van der Waals surface area contributed by atoms with E-state index in [0.717, 1.165) is 16.9 Å². The van der Waals surface area contributed by atoms with Crippen LogP contribution in [0.25, 0.3) is 0 Å². The molecule has 2 heterocycles. The Balaban J connectivity index is 1.72. The highest BCUT2D eigenvalue weighted by atomic mass is 16.5. The van der Waals surface area contributed by atoms with Crippen molar-refractivity contribution in [2.75, 3.05) is 26.8 Å². The molecule has 1 fully saturated rings. The molecule has 1 aromatic carbocycles. The normalized spacial score (nSPS) is 18.5. The van der Waals surface area contributed by atoms with Crippen LogP contribution in [0.2, 0.25) is 0 Å². The standard InChI is InChI=1S/C16H20N4O4/c1-23-14-3-2-12(6-13(14)8-20-11-17-10-18-20)7-19-4-5-24-15(9-19)16(21)22/h2-3,6,10-11,15H,4-5,7-9H2,1H3,(H,21,22)/t15-/m1/s1. The largest absolute Gasteiger partial charge is 0.496 e. The quantitative estimate of drug-likeness (QED) is 0.829. The lowest BCUT2D eigenvalue weighted by molar-refractivity contribution is -0.156. The van der Waals surface area contributed by atoms with Gasteiger partial charge in [0, 0.05) is 25.2 Å². The molecule has 128 valence electrons. The van der Waals surface area contributed by atoms with E-state index in [1.165, 1.54) is 6.33 Å². The molecule has 1 aliphatic rings. The van der Waals surface area contributed by atoms with Crippen molar-refractivity contribution >= 4 is 5.97 Å². The topological polar surface area (TPSA) is 89.7 Å². The Hall–Kier alpha value is -2.45. The van der Waals surface area contributed by atoms with Gasteiger partial charge in [-0.2, -0.15) is 5.10 Å². The predicted molar refractivity (Wildman–Crippen MR) is 84.8 cm³/mol. The maximum absolute atomic E-state index is 11.1. The van der Waals surface area contributed by atoms with Crippen LogP contribution in [0, 0.1) is 0 Å². The summed E-state index contributed by atoms with van der Waals surface area (Å²) in [7, 11) is 1.64. The van der Waals surface area contributed by atoms with Gasteiger partial charge in [-0.05, 0) is 17.7 Å². The number of benzene rings is 1. The van der Waals surface area contributed by atoms with Gasteiger partial charge in [-0.25, -0.2) is 14.5 Å². The lowest BCUT2D eigenvalue weighted by atomic mass is 10.1. The Morgan fingerprint density at radius 2 is 2.33 bits per heavy atom. The van der Waals surface area contributed by atoms with E-state index in [1.54, 1.807) is 18.1 Å². The van der Waals surface area contributed by atoms with Crippen LogP contribution < -0.4 is 4.74 Å². The number of aromatic nitrogens is 3. The van der Waals surface area contributed by atoms with Gasteiger partial charge in [0.1, 0.15) is 18.4 Å². The first-order valence-corrected chi connectivity index (χ1v) is 7.70. The van der Waals surface area contributed by atoms with Gasteiger partial charge in [0.2, 0.25) is 0 Å². The fraction of sp³-hybridized carbons (Fsp3) is 0.438. The number of aliphatic carboxylic acids is 1. The molecule has 8 heteroatoms. The van der Waals surface area contributed by atoms with E-state index in [9.17, 15) is 4.79 Å². The van der Waals surface area contributed by atoms with Gasteiger partial charge in [0.05, 0.1) is 20.3 Å². The maximum atomic E-state index is 11.1. The third-order valence-electron chi connectivity index (χ3n) is 3.98. The molecule has 0 bridgehead atoms. The monoisotopic (exact) mass is 332 g/mol. The molecule has 0 spiro atoms. The van der Waals surface area contributed by atoms with Crippen LogP contribution in [0.15, 0.2) is 30.9 Å². The first-order chi connectivity index (χ1) is 11.7. The van der Waals surface area contributed by atoms with Crippen molar-refractivity contribution in [3.8, 4) is 5.75 Å². The summed E-state index contributed by atoms with van der Waals surface area (Å²) >= 11 is 0. The van der Waals surface area contributed by atoms with Gasteiger partial charge < -0.3 is 14.6 Å². The average Bonchev–Trinajstić information content (AvgIpc) is 3.08. The Morgan fingerprint density at radius 1 is 1.46 bits per heavy atom.